The van der Waals surface area contributed by atoms with Gasteiger partial charge in [0.15, 0.2) is 0 Å². The molecule has 2 aromatic carbocycles. The fourth-order valence-electron chi connectivity index (χ4n) is 4.10. The van der Waals surface area contributed by atoms with Gasteiger partial charge in [0.25, 0.3) is 0 Å². The van der Waals surface area contributed by atoms with Gasteiger partial charge in [0.05, 0.1) is 24.4 Å². The van der Waals surface area contributed by atoms with Crippen LogP contribution in [0.1, 0.15) is 11.5 Å². The fraction of sp³-hybridized carbons (Fsp3) is 0.300. The number of para-hydroxylation sites is 1. The minimum atomic E-state index is -0.530. The minimum Gasteiger partial charge on any atom is -0.394 e. The van der Waals surface area contributed by atoms with E-state index in [0.717, 1.165) is 10.0 Å². The number of anilines is 1. The number of halogens is 2. The Morgan fingerprint density at radius 1 is 1.21 bits per heavy atom. The molecule has 2 heterocycles. The summed E-state index contributed by atoms with van der Waals surface area (Å²) in [7, 11) is 0. The molecule has 28 heavy (non-hydrogen) atoms. The number of aliphatic hydroxyl groups excluding tert-OH is 1. The third-order valence-electron chi connectivity index (χ3n) is 5.41. The maximum Gasteiger partial charge on any atom is 0.322 e. The first-order valence-electron chi connectivity index (χ1n) is 8.97. The van der Waals surface area contributed by atoms with Crippen LogP contribution in [-0.2, 0) is 4.79 Å². The summed E-state index contributed by atoms with van der Waals surface area (Å²) < 4.78 is 14.8. The van der Waals surface area contributed by atoms with Gasteiger partial charge in [0.2, 0.25) is 5.91 Å². The van der Waals surface area contributed by atoms with Crippen molar-refractivity contribution in [2.45, 2.75) is 18.0 Å². The number of rotatable bonds is 3. The number of nitrogens with zero attached hydrogens (tertiary/aromatic N) is 2. The number of carbonyl (C=O) groups is 2. The first kappa shape index (κ1) is 18.9. The summed E-state index contributed by atoms with van der Waals surface area (Å²) in [5, 5.41) is 12.3. The van der Waals surface area contributed by atoms with Crippen molar-refractivity contribution in [3.8, 4) is 0 Å². The zero-order valence-electron chi connectivity index (χ0n) is 14.9. The zero-order valence-corrected chi connectivity index (χ0v) is 16.5. The molecule has 0 aromatic heterocycles. The molecule has 8 heteroatoms. The van der Waals surface area contributed by atoms with Crippen LogP contribution in [0.25, 0.3) is 0 Å². The maximum absolute atomic E-state index is 13.8. The molecule has 4 rings (SSSR count). The van der Waals surface area contributed by atoms with Crippen molar-refractivity contribution in [3.05, 3.63) is 64.4 Å². The van der Waals surface area contributed by atoms with Gasteiger partial charge in [-0.3, -0.25) is 4.79 Å². The number of hydrogen-bond donors (Lipinski definition) is 2. The van der Waals surface area contributed by atoms with Gasteiger partial charge in [-0.2, -0.15) is 0 Å². The normalized spacial score (nSPS) is 23.8. The Hall–Kier alpha value is -2.45. The summed E-state index contributed by atoms with van der Waals surface area (Å²) in [6, 6.07) is 12.6. The Morgan fingerprint density at radius 3 is 2.61 bits per heavy atom. The molecule has 0 aliphatic carbocycles. The van der Waals surface area contributed by atoms with E-state index in [-0.39, 0.29) is 42.7 Å². The van der Waals surface area contributed by atoms with E-state index in [1.54, 1.807) is 17.0 Å². The van der Waals surface area contributed by atoms with Crippen LogP contribution in [0.15, 0.2) is 53.0 Å². The highest BCUT2D eigenvalue weighted by Crippen LogP contribution is 2.43. The maximum atomic E-state index is 13.8. The van der Waals surface area contributed by atoms with Gasteiger partial charge in [-0.25, -0.2) is 9.18 Å². The first-order chi connectivity index (χ1) is 13.5. The minimum absolute atomic E-state index is 0.0638. The van der Waals surface area contributed by atoms with E-state index in [4.69, 9.17) is 0 Å². The number of aliphatic hydroxyl groups is 1. The summed E-state index contributed by atoms with van der Waals surface area (Å²) in [4.78, 5) is 28.3. The molecule has 146 valence electrons. The number of carbonyl (C=O) groups excluding carboxylic acids is 2. The molecule has 3 amide bonds. The van der Waals surface area contributed by atoms with Crippen LogP contribution >= 0.6 is 15.9 Å². The Morgan fingerprint density at radius 2 is 1.93 bits per heavy atom. The highest BCUT2D eigenvalue weighted by molar-refractivity contribution is 9.10. The second-order valence-electron chi connectivity index (χ2n) is 6.99. The van der Waals surface area contributed by atoms with E-state index in [9.17, 15) is 19.1 Å². The van der Waals surface area contributed by atoms with E-state index < -0.39 is 11.8 Å². The molecule has 0 saturated carbocycles. The Kier molecular flexibility index (Phi) is 5.07. The van der Waals surface area contributed by atoms with Gasteiger partial charge in [0.1, 0.15) is 12.4 Å². The lowest BCUT2D eigenvalue weighted by Gasteiger charge is -2.58. The Labute approximate surface area is 170 Å². The highest BCUT2D eigenvalue weighted by atomic mass is 79.9. The molecule has 2 aliphatic rings. The average Bonchev–Trinajstić information content (AvgIpc) is 2.66. The lowest BCUT2D eigenvalue weighted by molar-refractivity contribution is -0.159. The fourth-order valence-corrected chi connectivity index (χ4v) is 4.36. The smallest absolute Gasteiger partial charge is 0.322 e. The van der Waals surface area contributed by atoms with Crippen molar-refractivity contribution in [2.75, 3.05) is 25.0 Å². The molecule has 2 saturated heterocycles. The number of fused-ring (bicyclic) bond motifs is 1. The number of piperazine rings is 1. The Balaban J connectivity index is 1.53. The third kappa shape index (κ3) is 3.27. The van der Waals surface area contributed by atoms with Gasteiger partial charge >= 0.3 is 6.03 Å². The summed E-state index contributed by atoms with van der Waals surface area (Å²) in [6.45, 7) is 0.0913. The van der Waals surface area contributed by atoms with Crippen molar-refractivity contribution < 1.29 is 19.1 Å². The monoisotopic (exact) mass is 447 g/mol. The molecule has 2 N–H and O–H groups in total. The van der Waals surface area contributed by atoms with Gasteiger partial charge in [-0.15, -0.1) is 0 Å². The molecule has 6 nitrogen and oxygen atoms in total. The summed E-state index contributed by atoms with van der Waals surface area (Å²) in [5.41, 5.74) is 1.08. The Bertz CT molecular complexity index is 908. The number of urea groups is 1. The van der Waals surface area contributed by atoms with Gasteiger partial charge in [-0.05, 0) is 29.8 Å². The van der Waals surface area contributed by atoms with E-state index >= 15 is 0 Å². The predicted octanol–water partition coefficient (Wildman–Crippen LogP) is 2.79. The number of benzene rings is 2. The molecule has 2 fully saturated rings. The van der Waals surface area contributed by atoms with Crippen LogP contribution in [0, 0.1) is 5.82 Å². The lowest BCUT2D eigenvalue weighted by atomic mass is 9.74. The standard InChI is InChI=1S/C20H19BrFN3O3/c21-13-7-5-12(6-8-13)19-16-9-24(10-18(27)25(16)17(19)11-26)20(28)23-15-4-2-1-3-14(15)22/h1-8,16-17,19,26H,9-11H2,(H,23,28)/t16-,17+,19+/m0/s1. The van der Waals surface area contributed by atoms with E-state index in [1.165, 1.54) is 17.0 Å². The molecule has 2 aromatic rings. The second-order valence-corrected chi connectivity index (χ2v) is 7.90. The van der Waals surface area contributed by atoms with Crippen molar-refractivity contribution in [1.29, 1.82) is 0 Å². The summed E-state index contributed by atoms with van der Waals surface area (Å²) in [5.74, 6) is -0.809. The predicted molar refractivity (Wildman–Crippen MR) is 105 cm³/mol. The van der Waals surface area contributed by atoms with Crippen LogP contribution < -0.4 is 5.32 Å². The molecular weight excluding hydrogens is 429 g/mol. The van der Waals surface area contributed by atoms with Crippen molar-refractivity contribution in [1.82, 2.24) is 9.80 Å². The largest absolute Gasteiger partial charge is 0.394 e. The molecule has 0 radical (unpaired) electrons. The molecule has 2 aliphatic heterocycles. The first-order valence-corrected chi connectivity index (χ1v) is 9.77. The summed E-state index contributed by atoms with van der Waals surface area (Å²) in [6.07, 6.45) is 0. The van der Waals surface area contributed by atoms with E-state index in [1.807, 2.05) is 24.3 Å². The lowest BCUT2D eigenvalue weighted by Crippen LogP contribution is -2.73. The van der Waals surface area contributed by atoms with Crippen molar-refractivity contribution in [2.24, 2.45) is 0 Å². The van der Waals surface area contributed by atoms with Crippen LogP contribution in [0.3, 0.4) is 0 Å². The summed E-state index contributed by atoms with van der Waals surface area (Å²) >= 11 is 3.41. The quantitative estimate of drug-likeness (QED) is 0.759. The van der Waals surface area contributed by atoms with Crippen LogP contribution in [-0.4, -0.2) is 58.6 Å². The topological polar surface area (TPSA) is 72.9 Å². The molecule has 3 atom stereocenters. The van der Waals surface area contributed by atoms with Crippen LogP contribution in [0.5, 0.6) is 0 Å². The molecular formula is C20H19BrFN3O3. The van der Waals surface area contributed by atoms with Crippen molar-refractivity contribution >= 4 is 33.6 Å². The molecule has 0 unspecified atom stereocenters. The molecule has 0 spiro atoms. The van der Waals surface area contributed by atoms with Gasteiger partial charge in [0, 0.05) is 16.9 Å². The highest BCUT2D eigenvalue weighted by Gasteiger charge is 2.54. The number of nitrogens with one attached hydrogen (secondary N) is 1. The third-order valence-corrected chi connectivity index (χ3v) is 5.94. The van der Waals surface area contributed by atoms with E-state index in [0.29, 0.717) is 6.54 Å². The number of amides is 3. The van der Waals surface area contributed by atoms with Crippen LogP contribution in [0.4, 0.5) is 14.9 Å². The second kappa shape index (κ2) is 7.52. The van der Waals surface area contributed by atoms with Gasteiger partial charge < -0.3 is 20.2 Å². The number of hydrogen-bond acceptors (Lipinski definition) is 3. The van der Waals surface area contributed by atoms with Gasteiger partial charge in [-0.1, -0.05) is 40.2 Å². The van der Waals surface area contributed by atoms with Crippen LogP contribution in [0.2, 0.25) is 0 Å². The zero-order chi connectivity index (χ0) is 19.8. The van der Waals surface area contributed by atoms with Crippen molar-refractivity contribution in [3.63, 3.8) is 0 Å². The molecule has 0 bridgehead atoms. The SMILES string of the molecule is O=C(Nc1ccccc1F)N1CC(=O)N2[C@H](CO)[C@H](c3ccc(Br)cc3)[C@@H]2C1. The van der Waals surface area contributed by atoms with E-state index in [2.05, 4.69) is 21.2 Å². The average molecular weight is 448 g/mol.